The van der Waals surface area contributed by atoms with Crippen LogP contribution in [0.5, 0.6) is 11.5 Å². The molecule has 0 bridgehead atoms. The molecule has 0 radical (unpaired) electrons. The second-order valence-electron chi connectivity index (χ2n) is 5.21. The van der Waals surface area contributed by atoms with E-state index in [0.29, 0.717) is 13.2 Å². The third kappa shape index (κ3) is 6.16. The van der Waals surface area contributed by atoms with Crippen LogP contribution in [-0.2, 0) is 0 Å². The first-order chi connectivity index (χ1) is 10.7. The number of ether oxygens (including phenoxy) is 2. The van der Waals surface area contributed by atoms with E-state index in [0.717, 1.165) is 11.5 Å². The summed E-state index contributed by atoms with van der Waals surface area (Å²) in [6, 6.07) is 19.3. The van der Waals surface area contributed by atoms with Gasteiger partial charge in [-0.1, -0.05) is 36.4 Å². The standard InChI is InChI=1S/C18H23NO3/c1-15(13-21-17-8-4-2-5-9-17)19-12-16(20)14-22-18-10-6-3-7-11-18/h2-11,15-16,19-20H,12-14H2,1H3. The second kappa shape index (κ2) is 9.07. The molecule has 0 spiro atoms. The summed E-state index contributed by atoms with van der Waals surface area (Å²) in [5.41, 5.74) is 0. The molecule has 4 heteroatoms. The van der Waals surface area contributed by atoms with Crippen LogP contribution >= 0.6 is 0 Å². The van der Waals surface area contributed by atoms with Gasteiger partial charge in [0.1, 0.15) is 30.8 Å². The highest BCUT2D eigenvalue weighted by atomic mass is 16.5. The maximum absolute atomic E-state index is 9.92. The van der Waals surface area contributed by atoms with Crippen LogP contribution in [0.2, 0.25) is 0 Å². The average molecular weight is 301 g/mol. The van der Waals surface area contributed by atoms with Gasteiger partial charge in [-0.2, -0.15) is 0 Å². The molecule has 0 aliphatic carbocycles. The normalized spacial score (nSPS) is 13.4. The van der Waals surface area contributed by atoms with Crippen molar-refractivity contribution in [2.75, 3.05) is 19.8 Å². The third-order valence-electron chi connectivity index (χ3n) is 3.13. The molecule has 2 aromatic carbocycles. The number of para-hydroxylation sites is 2. The molecule has 4 nitrogen and oxygen atoms in total. The van der Waals surface area contributed by atoms with Crippen molar-refractivity contribution in [2.24, 2.45) is 0 Å². The van der Waals surface area contributed by atoms with E-state index in [-0.39, 0.29) is 12.6 Å². The van der Waals surface area contributed by atoms with Crippen LogP contribution < -0.4 is 14.8 Å². The van der Waals surface area contributed by atoms with Gasteiger partial charge in [-0.25, -0.2) is 0 Å². The van der Waals surface area contributed by atoms with Crippen LogP contribution in [0.3, 0.4) is 0 Å². The van der Waals surface area contributed by atoms with Gasteiger partial charge in [0.15, 0.2) is 0 Å². The molecule has 0 saturated heterocycles. The van der Waals surface area contributed by atoms with Gasteiger partial charge in [-0.3, -0.25) is 0 Å². The lowest BCUT2D eigenvalue weighted by atomic mass is 10.3. The Hall–Kier alpha value is -2.04. The summed E-state index contributed by atoms with van der Waals surface area (Å²) >= 11 is 0. The lowest BCUT2D eigenvalue weighted by Gasteiger charge is -2.18. The zero-order valence-corrected chi connectivity index (χ0v) is 12.8. The molecule has 22 heavy (non-hydrogen) atoms. The maximum atomic E-state index is 9.92. The van der Waals surface area contributed by atoms with Crippen molar-refractivity contribution in [2.45, 2.75) is 19.1 Å². The fourth-order valence-electron chi connectivity index (χ4n) is 1.90. The molecule has 0 aromatic heterocycles. The maximum Gasteiger partial charge on any atom is 0.119 e. The van der Waals surface area contributed by atoms with Crippen molar-refractivity contribution in [1.82, 2.24) is 5.32 Å². The van der Waals surface area contributed by atoms with Gasteiger partial charge in [-0.05, 0) is 31.2 Å². The van der Waals surface area contributed by atoms with Crippen LogP contribution in [0.4, 0.5) is 0 Å². The summed E-state index contributed by atoms with van der Waals surface area (Å²) in [5, 5.41) is 13.2. The van der Waals surface area contributed by atoms with Gasteiger partial charge in [0.2, 0.25) is 0 Å². The second-order valence-corrected chi connectivity index (χ2v) is 5.21. The molecule has 2 N–H and O–H groups in total. The molecule has 0 amide bonds. The minimum atomic E-state index is -0.556. The number of benzene rings is 2. The quantitative estimate of drug-likeness (QED) is 0.747. The number of hydrogen-bond acceptors (Lipinski definition) is 4. The van der Waals surface area contributed by atoms with E-state index in [2.05, 4.69) is 5.32 Å². The molecule has 2 aromatic rings. The molecule has 0 heterocycles. The molecule has 118 valence electrons. The SMILES string of the molecule is CC(COc1ccccc1)NCC(O)COc1ccccc1. The van der Waals surface area contributed by atoms with Crippen LogP contribution in [0, 0.1) is 0 Å². The smallest absolute Gasteiger partial charge is 0.119 e. The van der Waals surface area contributed by atoms with Gasteiger partial charge in [0.05, 0.1) is 0 Å². The zero-order chi connectivity index (χ0) is 15.6. The van der Waals surface area contributed by atoms with Crippen molar-refractivity contribution in [3.05, 3.63) is 60.7 Å². The summed E-state index contributed by atoms with van der Waals surface area (Å²) in [6.45, 7) is 3.30. The Morgan fingerprint density at radius 1 is 0.864 bits per heavy atom. The third-order valence-corrected chi connectivity index (χ3v) is 3.13. The van der Waals surface area contributed by atoms with Gasteiger partial charge < -0.3 is 19.9 Å². The van der Waals surface area contributed by atoms with E-state index in [4.69, 9.17) is 9.47 Å². The Labute approximate surface area is 131 Å². The molecule has 0 saturated carbocycles. The Bertz CT molecular complexity index is 469. The van der Waals surface area contributed by atoms with E-state index in [1.165, 1.54) is 0 Å². The average Bonchev–Trinajstić information content (AvgIpc) is 2.58. The van der Waals surface area contributed by atoms with E-state index in [1.807, 2.05) is 67.6 Å². The van der Waals surface area contributed by atoms with Gasteiger partial charge in [-0.15, -0.1) is 0 Å². The van der Waals surface area contributed by atoms with Crippen molar-refractivity contribution in [3.8, 4) is 11.5 Å². The minimum absolute atomic E-state index is 0.145. The van der Waals surface area contributed by atoms with E-state index < -0.39 is 6.10 Å². The van der Waals surface area contributed by atoms with E-state index >= 15 is 0 Å². The molecule has 0 aliphatic heterocycles. The topological polar surface area (TPSA) is 50.7 Å². The molecule has 2 unspecified atom stereocenters. The largest absolute Gasteiger partial charge is 0.492 e. The monoisotopic (exact) mass is 301 g/mol. The van der Waals surface area contributed by atoms with Crippen molar-refractivity contribution < 1.29 is 14.6 Å². The first kappa shape index (κ1) is 16.3. The van der Waals surface area contributed by atoms with Crippen molar-refractivity contribution >= 4 is 0 Å². The van der Waals surface area contributed by atoms with E-state index in [1.54, 1.807) is 0 Å². The lowest BCUT2D eigenvalue weighted by molar-refractivity contribution is 0.102. The highest BCUT2D eigenvalue weighted by Crippen LogP contribution is 2.09. The molecule has 0 fully saturated rings. The van der Waals surface area contributed by atoms with Gasteiger partial charge in [0.25, 0.3) is 0 Å². The van der Waals surface area contributed by atoms with E-state index in [9.17, 15) is 5.11 Å². The Morgan fingerprint density at radius 2 is 1.36 bits per heavy atom. The first-order valence-electron chi connectivity index (χ1n) is 7.51. The fourth-order valence-corrected chi connectivity index (χ4v) is 1.90. The van der Waals surface area contributed by atoms with Crippen LogP contribution in [0.25, 0.3) is 0 Å². The van der Waals surface area contributed by atoms with Crippen molar-refractivity contribution in [1.29, 1.82) is 0 Å². The van der Waals surface area contributed by atoms with Crippen LogP contribution in [0.15, 0.2) is 60.7 Å². The summed E-state index contributed by atoms with van der Waals surface area (Å²) in [7, 11) is 0. The highest BCUT2D eigenvalue weighted by Gasteiger charge is 2.08. The molecular formula is C18H23NO3. The van der Waals surface area contributed by atoms with Gasteiger partial charge >= 0.3 is 0 Å². The minimum Gasteiger partial charge on any atom is -0.492 e. The van der Waals surface area contributed by atoms with Gasteiger partial charge in [0, 0.05) is 12.6 Å². The number of aliphatic hydroxyl groups is 1. The van der Waals surface area contributed by atoms with Crippen molar-refractivity contribution in [3.63, 3.8) is 0 Å². The number of rotatable bonds is 9. The summed E-state index contributed by atoms with van der Waals surface area (Å²) < 4.78 is 11.2. The van der Waals surface area contributed by atoms with Crippen LogP contribution in [-0.4, -0.2) is 37.0 Å². The number of aliphatic hydroxyl groups excluding tert-OH is 1. The summed E-state index contributed by atoms with van der Waals surface area (Å²) in [6.07, 6.45) is -0.556. The molecular weight excluding hydrogens is 278 g/mol. The summed E-state index contributed by atoms with van der Waals surface area (Å²) in [5.74, 6) is 1.62. The summed E-state index contributed by atoms with van der Waals surface area (Å²) in [4.78, 5) is 0. The predicted molar refractivity (Wildman–Crippen MR) is 87.3 cm³/mol. The molecule has 0 aliphatic rings. The number of hydrogen-bond donors (Lipinski definition) is 2. The van der Waals surface area contributed by atoms with Crippen LogP contribution in [0.1, 0.15) is 6.92 Å². The molecule has 2 atom stereocenters. The highest BCUT2D eigenvalue weighted by molar-refractivity contribution is 5.21. The fraction of sp³-hybridized carbons (Fsp3) is 0.333. The first-order valence-corrected chi connectivity index (χ1v) is 7.51. The Morgan fingerprint density at radius 3 is 1.91 bits per heavy atom. The Kier molecular flexibility index (Phi) is 6.74. The Balaban J connectivity index is 1.60. The predicted octanol–water partition coefficient (Wildman–Crippen LogP) is 2.48. The number of nitrogens with one attached hydrogen (secondary N) is 1. The molecule has 2 rings (SSSR count). The lowest BCUT2D eigenvalue weighted by Crippen LogP contribution is -2.39. The zero-order valence-electron chi connectivity index (χ0n) is 12.8.